The highest BCUT2D eigenvalue weighted by Crippen LogP contribution is 2.06. The van der Waals surface area contributed by atoms with E-state index in [4.69, 9.17) is 0 Å². The van der Waals surface area contributed by atoms with E-state index in [1.165, 1.54) is 5.56 Å². The van der Waals surface area contributed by atoms with Crippen LogP contribution in [0.25, 0.3) is 0 Å². The first-order chi connectivity index (χ1) is 8.13. The van der Waals surface area contributed by atoms with E-state index in [-0.39, 0.29) is 11.9 Å². The zero-order valence-electron chi connectivity index (χ0n) is 10.9. The van der Waals surface area contributed by atoms with Crippen LogP contribution in [0.5, 0.6) is 0 Å². The van der Waals surface area contributed by atoms with Gasteiger partial charge in [0.2, 0.25) is 5.91 Å². The molecule has 0 aliphatic carbocycles. The molecule has 3 nitrogen and oxygen atoms in total. The van der Waals surface area contributed by atoms with Crippen LogP contribution in [-0.4, -0.2) is 19.0 Å². The van der Waals surface area contributed by atoms with Crippen molar-refractivity contribution >= 4 is 5.91 Å². The van der Waals surface area contributed by atoms with E-state index >= 15 is 0 Å². The lowest BCUT2D eigenvalue weighted by atomic mass is 10.0. The Morgan fingerprint density at radius 2 is 1.88 bits per heavy atom. The molecule has 2 N–H and O–H groups in total. The minimum Gasteiger partial charge on any atom is -0.358 e. The Balaban J connectivity index is 2.52. The highest BCUT2D eigenvalue weighted by molar-refractivity contribution is 5.81. The lowest BCUT2D eigenvalue weighted by Crippen LogP contribution is -2.43. The summed E-state index contributed by atoms with van der Waals surface area (Å²) in [5, 5.41) is 6.01. The quantitative estimate of drug-likeness (QED) is 0.789. The fourth-order valence-electron chi connectivity index (χ4n) is 1.77. The van der Waals surface area contributed by atoms with Gasteiger partial charge >= 0.3 is 0 Å². The number of amides is 1. The summed E-state index contributed by atoms with van der Waals surface area (Å²) < 4.78 is 0. The number of benzene rings is 1. The Hall–Kier alpha value is -1.35. The molecule has 1 rings (SSSR count). The lowest BCUT2D eigenvalue weighted by Gasteiger charge is -2.19. The average molecular weight is 234 g/mol. The van der Waals surface area contributed by atoms with Crippen molar-refractivity contribution in [1.82, 2.24) is 10.6 Å². The molecule has 0 heterocycles. The van der Waals surface area contributed by atoms with Crippen LogP contribution in [0.2, 0.25) is 0 Å². The predicted octanol–water partition coefficient (Wildman–Crippen LogP) is 1.94. The lowest BCUT2D eigenvalue weighted by molar-refractivity contribution is -0.123. The Morgan fingerprint density at radius 1 is 1.24 bits per heavy atom. The van der Waals surface area contributed by atoms with Gasteiger partial charge in [-0.2, -0.15) is 0 Å². The second-order valence-electron chi connectivity index (χ2n) is 4.66. The maximum absolute atomic E-state index is 11.7. The monoisotopic (exact) mass is 234 g/mol. The summed E-state index contributed by atoms with van der Waals surface area (Å²) >= 11 is 0. The van der Waals surface area contributed by atoms with Crippen LogP contribution in [0.3, 0.4) is 0 Å². The molecule has 1 unspecified atom stereocenters. The Bertz CT molecular complexity index is 335. The maximum Gasteiger partial charge on any atom is 0.236 e. The molecule has 0 aliphatic rings. The Kier molecular flexibility index (Phi) is 5.70. The zero-order valence-corrected chi connectivity index (χ0v) is 10.9. The van der Waals surface area contributed by atoms with Crippen molar-refractivity contribution in [2.24, 2.45) is 5.92 Å². The smallest absolute Gasteiger partial charge is 0.236 e. The number of hydrogen-bond acceptors (Lipinski definition) is 2. The zero-order chi connectivity index (χ0) is 12.7. The van der Waals surface area contributed by atoms with E-state index in [0.717, 1.165) is 13.0 Å². The third-order valence-corrected chi connectivity index (χ3v) is 2.67. The minimum atomic E-state index is -0.111. The van der Waals surface area contributed by atoms with E-state index in [2.05, 4.69) is 36.6 Å². The summed E-state index contributed by atoms with van der Waals surface area (Å²) in [6.07, 6.45) is 0.854. The topological polar surface area (TPSA) is 41.1 Å². The van der Waals surface area contributed by atoms with E-state index < -0.39 is 0 Å². The van der Waals surface area contributed by atoms with Gasteiger partial charge in [-0.25, -0.2) is 0 Å². The highest BCUT2D eigenvalue weighted by atomic mass is 16.2. The van der Waals surface area contributed by atoms with Gasteiger partial charge in [0.1, 0.15) is 0 Å². The van der Waals surface area contributed by atoms with Crippen molar-refractivity contribution < 1.29 is 4.79 Å². The van der Waals surface area contributed by atoms with Crippen molar-refractivity contribution in [2.45, 2.75) is 32.9 Å². The molecule has 0 aliphatic heterocycles. The second-order valence-corrected chi connectivity index (χ2v) is 4.66. The van der Waals surface area contributed by atoms with Crippen LogP contribution in [0.1, 0.15) is 25.8 Å². The first-order valence-corrected chi connectivity index (χ1v) is 6.12. The summed E-state index contributed by atoms with van der Waals surface area (Å²) in [6.45, 7) is 4.98. The summed E-state index contributed by atoms with van der Waals surface area (Å²) in [6, 6.07) is 10.0. The summed E-state index contributed by atoms with van der Waals surface area (Å²) in [4.78, 5) is 11.7. The minimum absolute atomic E-state index is 0.0645. The van der Waals surface area contributed by atoms with Crippen molar-refractivity contribution in [3.63, 3.8) is 0 Å². The van der Waals surface area contributed by atoms with Gasteiger partial charge in [0.15, 0.2) is 0 Å². The Morgan fingerprint density at radius 3 is 2.41 bits per heavy atom. The molecular weight excluding hydrogens is 212 g/mol. The summed E-state index contributed by atoms with van der Waals surface area (Å²) in [5.74, 6) is 0.565. The second kappa shape index (κ2) is 7.07. The number of likely N-dealkylation sites (N-methyl/N-ethyl adjacent to an activating group) is 1. The van der Waals surface area contributed by atoms with Gasteiger partial charge in [-0.1, -0.05) is 44.2 Å². The molecule has 1 aromatic rings. The van der Waals surface area contributed by atoms with Crippen molar-refractivity contribution in [3.8, 4) is 0 Å². The molecule has 1 aromatic carbocycles. The number of carbonyl (C=O) groups is 1. The summed E-state index contributed by atoms with van der Waals surface area (Å²) in [7, 11) is 1.68. The first-order valence-electron chi connectivity index (χ1n) is 6.12. The van der Waals surface area contributed by atoms with E-state index in [0.29, 0.717) is 5.92 Å². The van der Waals surface area contributed by atoms with Crippen LogP contribution >= 0.6 is 0 Å². The highest BCUT2D eigenvalue weighted by Gasteiger charge is 2.17. The van der Waals surface area contributed by atoms with E-state index in [1.54, 1.807) is 7.05 Å². The number of rotatable bonds is 6. The Labute approximate surface area is 104 Å². The average Bonchev–Trinajstić information content (AvgIpc) is 2.34. The molecule has 0 spiro atoms. The van der Waals surface area contributed by atoms with E-state index in [9.17, 15) is 4.79 Å². The molecule has 0 radical (unpaired) electrons. The molecule has 17 heavy (non-hydrogen) atoms. The largest absolute Gasteiger partial charge is 0.358 e. The fourth-order valence-corrected chi connectivity index (χ4v) is 1.77. The molecule has 0 saturated carbocycles. The van der Waals surface area contributed by atoms with Crippen molar-refractivity contribution in [1.29, 1.82) is 0 Å². The third kappa shape index (κ3) is 5.00. The standard InChI is InChI=1S/C14H22N2O/c1-11(2)9-13(14(17)15-3)16-10-12-7-5-4-6-8-12/h4-8,11,13,16H,9-10H2,1-3H3,(H,15,17). The molecule has 0 fully saturated rings. The van der Waals surface area contributed by atoms with Gasteiger partial charge in [0.05, 0.1) is 6.04 Å². The van der Waals surface area contributed by atoms with Crippen LogP contribution in [0, 0.1) is 5.92 Å². The fraction of sp³-hybridized carbons (Fsp3) is 0.500. The molecule has 0 bridgehead atoms. The molecule has 94 valence electrons. The molecule has 0 aromatic heterocycles. The molecule has 1 atom stereocenters. The number of hydrogen-bond donors (Lipinski definition) is 2. The normalized spacial score (nSPS) is 12.5. The molecular formula is C14H22N2O. The van der Waals surface area contributed by atoms with Crippen molar-refractivity contribution in [2.75, 3.05) is 7.05 Å². The maximum atomic E-state index is 11.7. The van der Waals surface area contributed by atoms with Gasteiger partial charge in [0.25, 0.3) is 0 Å². The van der Waals surface area contributed by atoms with Crippen LogP contribution in [-0.2, 0) is 11.3 Å². The summed E-state index contributed by atoms with van der Waals surface area (Å²) in [5.41, 5.74) is 1.20. The van der Waals surface area contributed by atoms with E-state index in [1.807, 2.05) is 18.2 Å². The van der Waals surface area contributed by atoms with Crippen LogP contribution in [0.15, 0.2) is 30.3 Å². The van der Waals surface area contributed by atoms with Crippen LogP contribution in [0.4, 0.5) is 0 Å². The predicted molar refractivity (Wildman–Crippen MR) is 70.6 cm³/mol. The van der Waals surface area contributed by atoms with Crippen molar-refractivity contribution in [3.05, 3.63) is 35.9 Å². The molecule has 0 saturated heterocycles. The molecule has 3 heteroatoms. The van der Waals surface area contributed by atoms with Gasteiger partial charge in [-0.15, -0.1) is 0 Å². The van der Waals surface area contributed by atoms with Gasteiger partial charge in [0, 0.05) is 13.6 Å². The number of carbonyl (C=O) groups excluding carboxylic acids is 1. The van der Waals surface area contributed by atoms with Crippen LogP contribution < -0.4 is 10.6 Å². The first kappa shape index (κ1) is 13.7. The van der Waals surface area contributed by atoms with Gasteiger partial charge < -0.3 is 10.6 Å². The van der Waals surface area contributed by atoms with Gasteiger partial charge in [-0.3, -0.25) is 4.79 Å². The molecule has 1 amide bonds. The SMILES string of the molecule is CNC(=O)C(CC(C)C)NCc1ccccc1. The van der Waals surface area contributed by atoms with Gasteiger partial charge in [-0.05, 0) is 17.9 Å². The number of nitrogens with one attached hydrogen (secondary N) is 2. The third-order valence-electron chi connectivity index (χ3n) is 2.67.